The van der Waals surface area contributed by atoms with Gasteiger partial charge in [0.05, 0.1) is 11.4 Å². The fourth-order valence-corrected chi connectivity index (χ4v) is 4.45. The SMILES string of the molecule is O=C(NCc1n[nH]c(=S)n1C1CC1)c1ccc(-c2ccc3c(c2)OCCO3)s1. The molecule has 1 fully saturated rings. The molecule has 2 N–H and O–H groups in total. The van der Waals surface area contributed by atoms with Gasteiger partial charge in [-0.15, -0.1) is 11.3 Å². The molecule has 3 heterocycles. The minimum atomic E-state index is -0.120. The highest BCUT2D eigenvalue weighted by atomic mass is 32.1. The van der Waals surface area contributed by atoms with Gasteiger partial charge in [-0.3, -0.25) is 14.5 Å². The van der Waals surface area contributed by atoms with Crippen LogP contribution >= 0.6 is 23.6 Å². The molecule has 2 aliphatic rings. The van der Waals surface area contributed by atoms with E-state index in [4.69, 9.17) is 21.7 Å². The van der Waals surface area contributed by atoms with Crippen LogP contribution in [0.15, 0.2) is 30.3 Å². The maximum atomic E-state index is 12.6. The van der Waals surface area contributed by atoms with Gasteiger partial charge < -0.3 is 14.8 Å². The van der Waals surface area contributed by atoms with Crippen molar-refractivity contribution in [1.82, 2.24) is 20.1 Å². The molecular weight excluding hydrogens is 396 g/mol. The minimum Gasteiger partial charge on any atom is -0.486 e. The molecule has 1 saturated carbocycles. The highest BCUT2D eigenvalue weighted by molar-refractivity contribution is 7.71. The number of aromatic nitrogens is 3. The number of nitrogens with one attached hydrogen (secondary N) is 2. The molecular formula is C19H18N4O3S2. The second-order valence-electron chi connectivity index (χ2n) is 6.75. The van der Waals surface area contributed by atoms with Crippen LogP contribution in [0.2, 0.25) is 0 Å². The van der Waals surface area contributed by atoms with Gasteiger partial charge in [0.15, 0.2) is 22.1 Å². The Morgan fingerprint density at radius 2 is 2.07 bits per heavy atom. The molecule has 0 atom stereocenters. The van der Waals surface area contributed by atoms with Gasteiger partial charge in [-0.05, 0) is 61.0 Å². The Kier molecular flexibility index (Phi) is 4.40. The summed E-state index contributed by atoms with van der Waals surface area (Å²) in [5, 5.41) is 10.0. The first kappa shape index (κ1) is 17.4. The monoisotopic (exact) mass is 414 g/mol. The summed E-state index contributed by atoms with van der Waals surface area (Å²) in [6.07, 6.45) is 2.22. The predicted octanol–water partition coefficient (Wildman–Crippen LogP) is 3.71. The number of aromatic amines is 1. The molecule has 1 aromatic carbocycles. The normalized spacial score (nSPS) is 15.4. The fraction of sp³-hybridized carbons (Fsp3) is 0.316. The van der Waals surface area contributed by atoms with E-state index in [1.165, 1.54) is 11.3 Å². The van der Waals surface area contributed by atoms with Crippen LogP contribution in [-0.4, -0.2) is 33.9 Å². The lowest BCUT2D eigenvalue weighted by Crippen LogP contribution is -2.23. The number of H-pyrrole nitrogens is 1. The topological polar surface area (TPSA) is 81.2 Å². The van der Waals surface area contributed by atoms with Crippen molar-refractivity contribution in [2.24, 2.45) is 0 Å². The third-order valence-corrected chi connectivity index (χ3v) is 6.17. The number of fused-ring (bicyclic) bond motifs is 1. The number of hydrogen-bond acceptors (Lipinski definition) is 6. The third-order valence-electron chi connectivity index (χ3n) is 4.75. The molecule has 1 aliphatic carbocycles. The second kappa shape index (κ2) is 7.06. The van der Waals surface area contributed by atoms with Crippen molar-refractivity contribution in [3.63, 3.8) is 0 Å². The molecule has 28 heavy (non-hydrogen) atoms. The number of ether oxygens (including phenoxy) is 2. The van der Waals surface area contributed by atoms with E-state index in [9.17, 15) is 4.79 Å². The van der Waals surface area contributed by atoms with Gasteiger partial charge >= 0.3 is 0 Å². The summed E-state index contributed by atoms with van der Waals surface area (Å²) in [4.78, 5) is 14.2. The molecule has 0 unspecified atom stereocenters. The number of thiophene rings is 1. The van der Waals surface area contributed by atoms with E-state index in [2.05, 4.69) is 15.5 Å². The maximum Gasteiger partial charge on any atom is 0.261 e. The minimum absolute atomic E-state index is 0.120. The summed E-state index contributed by atoms with van der Waals surface area (Å²) < 4.78 is 13.8. The number of carbonyl (C=O) groups is 1. The Morgan fingerprint density at radius 1 is 1.25 bits per heavy atom. The maximum absolute atomic E-state index is 12.6. The molecule has 7 nitrogen and oxygen atoms in total. The van der Waals surface area contributed by atoms with E-state index in [1.807, 2.05) is 34.9 Å². The molecule has 1 aliphatic heterocycles. The van der Waals surface area contributed by atoms with Crippen molar-refractivity contribution in [1.29, 1.82) is 0 Å². The molecule has 3 aromatic rings. The number of nitrogens with zero attached hydrogens (tertiary/aromatic N) is 2. The molecule has 0 radical (unpaired) electrons. The van der Waals surface area contributed by atoms with Crippen molar-refractivity contribution in [2.45, 2.75) is 25.4 Å². The Bertz CT molecular complexity index is 1100. The quantitative estimate of drug-likeness (QED) is 0.622. The van der Waals surface area contributed by atoms with Crippen LogP contribution < -0.4 is 14.8 Å². The Hall–Kier alpha value is -2.65. The zero-order chi connectivity index (χ0) is 19.1. The van der Waals surface area contributed by atoms with Crippen LogP contribution in [0.5, 0.6) is 11.5 Å². The van der Waals surface area contributed by atoms with Crippen LogP contribution in [0.3, 0.4) is 0 Å². The molecule has 0 spiro atoms. The number of carbonyl (C=O) groups excluding carboxylic acids is 1. The molecule has 1 amide bonds. The number of benzene rings is 1. The lowest BCUT2D eigenvalue weighted by atomic mass is 10.1. The molecule has 0 saturated heterocycles. The van der Waals surface area contributed by atoms with Crippen molar-refractivity contribution in [3.8, 4) is 21.9 Å². The first-order chi connectivity index (χ1) is 13.7. The molecule has 144 valence electrons. The number of amides is 1. The van der Waals surface area contributed by atoms with Gasteiger partial charge in [0.2, 0.25) is 0 Å². The summed E-state index contributed by atoms with van der Waals surface area (Å²) in [5.74, 6) is 2.15. The van der Waals surface area contributed by atoms with Gasteiger partial charge in [-0.2, -0.15) is 5.10 Å². The van der Waals surface area contributed by atoms with Crippen LogP contribution in [0.25, 0.3) is 10.4 Å². The Labute approximate surface area is 170 Å². The molecule has 0 bridgehead atoms. The van der Waals surface area contributed by atoms with E-state index >= 15 is 0 Å². The first-order valence-electron chi connectivity index (χ1n) is 9.13. The zero-order valence-corrected chi connectivity index (χ0v) is 16.6. The van der Waals surface area contributed by atoms with E-state index in [0.29, 0.717) is 35.4 Å². The molecule has 5 rings (SSSR count). The standard InChI is InChI=1S/C19H18N4O3S2/c24-18(20-10-17-21-22-19(27)23(17)12-2-3-12)16-6-5-15(28-16)11-1-4-13-14(9-11)26-8-7-25-13/h1,4-6,9,12H,2-3,7-8,10H2,(H,20,24)(H,22,27). The van der Waals surface area contributed by atoms with Gasteiger partial charge in [-0.25, -0.2) is 0 Å². The molecule has 2 aromatic heterocycles. The smallest absolute Gasteiger partial charge is 0.261 e. The highest BCUT2D eigenvalue weighted by Gasteiger charge is 2.27. The van der Waals surface area contributed by atoms with Crippen molar-refractivity contribution >= 4 is 29.5 Å². The van der Waals surface area contributed by atoms with E-state index in [-0.39, 0.29) is 5.91 Å². The average Bonchev–Trinajstić information content (AvgIpc) is 3.30. The average molecular weight is 415 g/mol. The lowest BCUT2D eigenvalue weighted by Gasteiger charge is -2.18. The van der Waals surface area contributed by atoms with Crippen LogP contribution in [0.1, 0.15) is 34.4 Å². The third kappa shape index (κ3) is 3.31. The van der Waals surface area contributed by atoms with Gasteiger partial charge in [0.25, 0.3) is 5.91 Å². The summed E-state index contributed by atoms with van der Waals surface area (Å²) in [6.45, 7) is 1.47. The van der Waals surface area contributed by atoms with E-state index < -0.39 is 0 Å². The van der Waals surface area contributed by atoms with Crippen molar-refractivity contribution in [3.05, 3.63) is 45.8 Å². The number of hydrogen-bond donors (Lipinski definition) is 2. The Balaban J connectivity index is 1.29. The fourth-order valence-electron chi connectivity index (χ4n) is 3.23. The second-order valence-corrected chi connectivity index (χ2v) is 8.22. The van der Waals surface area contributed by atoms with Gasteiger partial charge in [0.1, 0.15) is 13.2 Å². The summed E-state index contributed by atoms with van der Waals surface area (Å²) in [7, 11) is 0. The first-order valence-corrected chi connectivity index (χ1v) is 10.4. The van der Waals surface area contributed by atoms with Crippen LogP contribution in [0.4, 0.5) is 0 Å². The summed E-state index contributed by atoms with van der Waals surface area (Å²) in [6, 6.07) is 10.0. The predicted molar refractivity (Wildman–Crippen MR) is 108 cm³/mol. The van der Waals surface area contributed by atoms with E-state index in [1.54, 1.807) is 0 Å². The number of rotatable bonds is 5. The van der Waals surface area contributed by atoms with Gasteiger partial charge in [0, 0.05) is 10.9 Å². The Morgan fingerprint density at radius 3 is 2.89 bits per heavy atom. The van der Waals surface area contributed by atoms with Crippen LogP contribution in [0, 0.1) is 4.77 Å². The van der Waals surface area contributed by atoms with Crippen molar-refractivity contribution in [2.75, 3.05) is 13.2 Å². The zero-order valence-electron chi connectivity index (χ0n) is 14.9. The molecule has 9 heteroatoms. The lowest BCUT2D eigenvalue weighted by molar-refractivity contribution is 0.0953. The van der Waals surface area contributed by atoms with Crippen molar-refractivity contribution < 1.29 is 14.3 Å². The highest BCUT2D eigenvalue weighted by Crippen LogP contribution is 2.37. The summed E-state index contributed by atoms with van der Waals surface area (Å²) in [5.41, 5.74) is 1.00. The summed E-state index contributed by atoms with van der Waals surface area (Å²) >= 11 is 6.72. The van der Waals surface area contributed by atoms with Gasteiger partial charge in [-0.1, -0.05) is 0 Å². The van der Waals surface area contributed by atoms with Crippen LogP contribution in [-0.2, 0) is 6.54 Å². The van der Waals surface area contributed by atoms with E-state index in [0.717, 1.165) is 40.6 Å². The largest absolute Gasteiger partial charge is 0.486 e.